The minimum atomic E-state index is -0.258. The highest BCUT2D eigenvalue weighted by molar-refractivity contribution is 7.99. The molecule has 0 unspecified atom stereocenters. The number of fused-ring (bicyclic) bond motifs is 3. The average molecular weight is 521 g/mol. The summed E-state index contributed by atoms with van der Waals surface area (Å²) in [6.45, 7) is 0. The fourth-order valence-corrected chi connectivity index (χ4v) is 6.63. The largest absolute Gasteiger partial charge is 0.272 e. The molecule has 35 heavy (non-hydrogen) atoms. The summed E-state index contributed by atoms with van der Waals surface area (Å²) in [5.41, 5.74) is 5.33. The highest BCUT2D eigenvalue weighted by Gasteiger charge is 2.23. The first kappa shape index (κ1) is 23.8. The molecule has 0 aliphatic heterocycles. The third-order valence-corrected chi connectivity index (χ3v) is 8.69. The Labute approximate surface area is 215 Å². The van der Waals surface area contributed by atoms with Gasteiger partial charge in [0.1, 0.15) is 4.83 Å². The van der Waals surface area contributed by atoms with E-state index in [1.165, 1.54) is 21.5 Å². The zero-order chi connectivity index (χ0) is 24.2. The van der Waals surface area contributed by atoms with Gasteiger partial charge in [-0.2, -0.15) is 5.10 Å². The van der Waals surface area contributed by atoms with Crippen molar-refractivity contribution < 1.29 is 4.79 Å². The van der Waals surface area contributed by atoms with E-state index < -0.39 is 0 Å². The van der Waals surface area contributed by atoms with E-state index >= 15 is 0 Å². The molecule has 0 spiro atoms. The van der Waals surface area contributed by atoms with Crippen LogP contribution in [-0.2, 0) is 17.6 Å². The Morgan fingerprint density at radius 1 is 1.14 bits per heavy atom. The van der Waals surface area contributed by atoms with Gasteiger partial charge >= 0.3 is 0 Å². The lowest BCUT2D eigenvalue weighted by Crippen LogP contribution is -2.24. The second-order valence-corrected chi connectivity index (χ2v) is 11.0. The maximum atomic E-state index is 13.7. The topological polar surface area (TPSA) is 76.3 Å². The predicted octanol–water partition coefficient (Wildman–Crippen LogP) is 5.29. The number of hydrazone groups is 1. The van der Waals surface area contributed by atoms with Crippen LogP contribution < -0.4 is 11.0 Å². The molecule has 2 aromatic heterocycles. The van der Waals surface area contributed by atoms with Crippen molar-refractivity contribution >= 4 is 57.2 Å². The number of rotatable bonds is 7. The first-order valence-corrected chi connectivity index (χ1v) is 14.4. The van der Waals surface area contributed by atoms with Crippen LogP contribution >= 0.6 is 34.9 Å². The van der Waals surface area contributed by atoms with Crippen LogP contribution in [0.5, 0.6) is 0 Å². The molecular formula is C26H24N4O2S3. The second kappa shape index (κ2) is 10.8. The number of amides is 1. The number of carbonyl (C=O) groups is 1. The monoisotopic (exact) mass is 520 g/mol. The van der Waals surface area contributed by atoms with Crippen LogP contribution in [0.25, 0.3) is 15.9 Å². The normalized spacial score (nSPS) is 13.3. The minimum absolute atomic E-state index is 0.0600. The lowest BCUT2D eigenvalue weighted by molar-refractivity contribution is -0.118. The van der Waals surface area contributed by atoms with Crippen molar-refractivity contribution in [2.75, 3.05) is 12.0 Å². The third-order valence-electron chi connectivity index (χ3n) is 5.82. The van der Waals surface area contributed by atoms with Gasteiger partial charge in [-0.1, -0.05) is 42.1 Å². The maximum Gasteiger partial charge on any atom is 0.267 e. The Morgan fingerprint density at radius 2 is 1.91 bits per heavy atom. The number of benzene rings is 2. The fourth-order valence-electron chi connectivity index (χ4n) is 4.12. The Morgan fingerprint density at radius 3 is 2.69 bits per heavy atom. The van der Waals surface area contributed by atoms with Gasteiger partial charge in [-0.15, -0.1) is 23.1 Å². The molecule has 1 aliphatic rings. The third kappa shape index (κ3) is 5.22. The Balaban J connectivity index is 1.38. The van der Waals surface area contributed by atoms with Crippen LogP contribution in [0, 0.1) is 0 Å². The SMILES string of the molecule is CSc1ccc(C=NNC(=O)CSc2nc3sc4c(c3c(=O)n2-c2ccccc2)CCCC4)cc1. The molecule has 0 fully saturated rings. The zero-order valence-corrected chi connectivity index (χ0v) is 21.6. The van der Waals surface area contributed by atoms with Crippen LogP contribution in [0.4, 0.5) is 0 Å². The summed E-state index contributed by atoms with van der Waals surface area (Å²) in [5, 5.41) is 5.32. The van der Waals surface area contributed by atoms with E-state index in [1.807, 2.05) is 60.9 Å². The van der Waals surface area contributed by atoms with Crippen LogP contribution in [0.3, 0.4) is 0 Å². The number of hydrogen-bond acceptors (Lipinski definition) is 7. The number of aryl methyl sites for hydroxylation is 2. The number of aromatic nitrogens is 2. The lowest BCUT2D eigenvalue weighted by atomic mass is 9.97. The van der Waals surface area contributed by atoms with E-state index in [1.54, 1.807) is 33.9 Å². The number of hydrogen-bond donors (Lipinski definition) is 1. The highest BCUT2D eigenvalue weighted by Crippen LogP contribution is 2.35. The Hall–Kier alpha value is -2.88. The molecule has 0 atom stereocenters. The minimum Gasteiger partial charge on any atom is -0.272 e. The standard InChI is InChI=1S/C26H24N4O2S3/c1-33-19-13-11-17(12-14-19)15-27-29-22(31)16-34-26-28-24-23(20-9-5-6-10-21(20)35-24)25(32)30(26)18-7-3-2-4-8-18/h2-4,7-8,11-15H,5-6,9-10,16H2,1H3,(H,29,31). The molecule has 9 heteroatoms. The van der Waals surface area contributed by atoms with E-state index in [4.69, 9.17) is 4.98 Å². The fraction of sp³-hybridized carbons (Fsp3) is 0.231. The smallest absolute Gasteiger partial charge is 0.267 e. The number of nitrogens with one attached hydrogen (secondary N) is 1. The molecule has 6 nitrogen and oxygen atoms in total. The van der Waals surface area contributed by atoms with E-state index in [0.29, 0.717) is 5.16 Å². The Kier molecular flexibility index (Phi) is 7.36. The Bertz CT molecular complexity index is 1440. The zero-order valence-electron chi connectivity index (χ0n) is 19.2. The molecule has 1 N–H and O–H groups in total. The molecular weight excluding hydrogens is 497 g/mol. The number of thioether (sulfide) groups is 2. The van der Waals surface area contributed by atoms with Gasteiger partial charge in [0.2, 0.25) is 0 Å². The van der Waals surface area contributed by atoms with E-state index in [0.717, 1.165) is 52.7 Å². The van der Waals surface area contributed by atoms with Gasteiger partial charge < -0.3 is 0 Å². The van der Waals surface area contributed by atoms with Crippen LogP contribution in [-0.4, -0.2) is 33.7 Å². The summed E-state index contributed by atoms with van der Waals surface area (Å²) >= 11 is 4.54. The molecule has 0 bridgehead atoms. The van der Waals surface area contributed by atoms with Crippen LogP contribution in [0.15, 0.2) is 74.5 Å². The molecule has 4 aromatic rings. The molecule has 0 radical (unpaired) electrons. The molecule has 0 saturated carbocycles. The number of nitrogens with zero attached hydrogens (tertiary/aromatic N) is 3. The van der Waals surface area contributed by atoms with Crippen molar-refractivity contribution in [1.82, 2.24) is 15.0 Å². The first-order valence-electron chi connectivity index (χ1n) is 11.4. The lowest BCUT2D eigenvalue weighted by Gasteiger charge is -2.13. The van der Waals surface area contributed by atoms with Crippen molar-refractivity contribution in [3.63, 3.8) is 0 Å². The van der Waals surface area contributed by atoms with Crippen LogP contribution in [0.1, 0.15) is 28.8 Å². The van der Waals surface area contributed by atoms with Crippen molar-refractivity contribution in [1.29, 1.82) is 0 Å². The number of carbonyl (C=O) groups excluding carboxylic acids is 1. The van der Waals surface area contributed by atoms with Gasteiger partial charge in [0.25, 0.3) is 11.5 Å². The second-order valence-electron chi connectivity index (χ2n) is 8.12. The van der Waals surface area contributed by atoms with Crippen molar-refractivity contribution in [3.05, 3.63) is 81.0 Å². The quantitative estimate of drug-likeness (QED) is 0.155. The molecule has 2 heterocycles. The number of thiophene rings is 1. The van der Waals surface area contributed by atoms with Gasteiger partial charge in [-0.05, 0) is 67.3 Å². The van der Waals surface area contributed by atoms with Crippen LogP contribution in [0.2, 0.25) is 0 Å². The predicted molar refractivity (Wildman–Crippen MR) is 147 cm³/mol. The van der Waals surface area contributed by atoms with E-state index in [2.05, 4.69) is 10.5 Å². The number of para-hydroxylation sites is 1. The van der Waals surface area contributed by atoms with E-state index in [9.17, 15) is 9.59 Å². The maximum absolute atomic E-state index is 13.7. The molecule has 178 valence electrons. The summed E-state index contributed by atoms with van der Waals surface area (Å²) in [7, 11) is 0. The molecule has 5 rings (SSSR count). The van der Waals surface area contributed by atoms with E-state index in [-0.39, 0.29) is 17.2 Å². The van der Waals surface area contributed by atoms with Gasteiger partial charge in [0, 0.05) is 9.77 Å². The molecule has 0 saturated heterocycles. The molecule has 2 aromatic carbocycles. The molecule has 1 amide bonds. The van der Waals surface area contributed by atoms with Gasteiger partial charge in [-0.25, -0.2) is 10.4 Å². The van der Waals surface area contributed by atoms with Crippen molar-refractivity contribution in [2.24, 2.45) is 5.10 Å². The first-order chi connectivity index (χ1) is 17.1. The van der Waals surface area contributed by atoms with Gasteiger partial charge in [0.15, 0.2) is 5.16 Å². The average Bonchev–Trinajstić information content (AvgIpc) is 3.27. The van der Waals surface area contributed by atoms with Gasteiger partial charge in [-0.3, -0.25) is 14.2 Å². The molecule has 1 aliphatic carbocycles. The summed E-state index contributed by atoms with van der Waals surface area (Å²) in [4.78, 5) is 34.3. The summed E-state index contributed by atoms with van der Waals surface area (Å²) in [5.74, 6) is -0.162. The highest BCUT2D eigenvalue weighted by atomic mass is 32.2. The van der Waals surface area contributed by atoms with Crippen molar-refractivity contribution in [2.45, 2.75) is 35.7 Å². The van der Waals surface area contributed by atoms with Gasteiger partial charge in [0.05, 0.1) is 23.0 Å². The summed E-state index contributed by atoms with van der Waals surface area (Å²) in [6.07, 6.45) is 7.82. The summed E-state index contributed by atoms with van der Waals surface area (Å²) < 4.78 is 1.64. The van der Waals surface area contributed by atoms with Crippen molar-refractivity contribution in [3.8, 4) is 5.69 Å². The summed E-state index contributed by atoms with van der Waals surface area (Å²) in [6, 6.07) is 17.4.